The van der Waals surface area contributed by atoms with E-state index in [1.54, 1.807) is 19.9 Å². The summed E-state index contributed by atoms with van der Waals surface area (Å²) >= 11 is 0. The minimum absolute atomic E-state index is 0.00854. The SMILES string of the molecule is COc1ccc(F)cc1C(C)(C)CC(O)(C(CC1=CC=CCC1)N1C=COC=C1)C(F)(F)F. The molecule has 1 aliphatic carbocycles. The van der Waals surface area contributed by atoms with Gasteiger partial charge in [-0.3, -0.25) is 0 Å². The quantitative estimate of drug-likeness (QED) is 0.469. The van der Waals surface area contributed by atoms with Gasteiger partial charge in [0.25, 0.3) is 0 Å². The molecule has 0 spiro atoms. The highest BCUT2D eigenvalue weighted by Crippen LogP contribution is 2.48. The number of methoxy groups -OCH3 is 1. The first kappa shape index (κ1) is 24.9. The van der Waals surface area contributed by atoms with Gasteiger partial charge in [0.1, 0.15) is 24.1 Å². The summed E-state index contributed by atoms with van der Waals surface area (Å²) in [5, 5.41) is 11.5. The van der Waals surface area contributed by atoms with E-state index in [-0.39, 0.29) is 17.7 Å². The Balaban J connectivity index is 2.08. The molecular formula is C25H29F4NO3. The average Bonchev–Trinajstić information content (AvgIpc) is 2.77. The van der Waals surface area contributed by atoms with E-state index < -0.39 is 35.5 Å². The molecule has 180 valence electrons. The molecule has 0 aromatic heterocycles. The Hall–Kier alpha value is -2.74. The van der Waals surface area contributed by atoms with Crippen molar-refractivity contribution in [1.29, 1.82) is 0 Å². The van der Waals surface area contributed by atoms with Gasteiger partial charge in [0.2, 0.25) is 0 Å². The molecule has 1 aromatic rings. The standard InChI is InChI=1S/C25H29F4NO3/c1-23(2,20-16-19(26)9-10-21(20)32-3)17-24(31,25(27,28)29)22(30-11-13-33-14-12-30)15-18-7-5-4-6-8-18/h4-5,7,9-14,16,22,31H,6,8,15,17H2,1-3H3. The van der Waals surface area contributed by atoms with Gasteiger partial charge in [0, 0.05) is 18.0 Å². The van der Waals surface area contributed by atoms with E-state index in [1.165, 1.54) is 49.1 Å². The molecule has 2 atom stereocenters. The van der Waals surface area contributed by atoms with Crippen LogP contribution in [-0.2, 0) is 10.2 Å². The number of benzene rings is 1. The number of halogens is 4. The Labute approximate surface area is 191 Å². The third-order valence-electron chi connectivity index (χ3n) is 6.18. The second-order valence-corrected chi connectivity index (χ2v) is 8.99. The Morgan fingerprint density at radius 2 is 1.88 bits per heavy atom. The number of allylic oxidation sites excluding steroid dienone is 3. The third-order valence-corrected chi connectivity index (χ3v) is 6.18. The van der Waals surface area contributed by atoms with Crippen molar-refractivity contribution >= 4 is 0 Å². The lowest BCUT2D eigenvalue weighted by atomic mass is 9.70. The van der Waals surface area contributed by atoms with Crippen LogP contribution in [0.3, 0.4) is 0 Å². The van der Waals surface area contributed by atoms with Gasteiger partial charge in [0.15, 0.2) is 5.60 Å². The number of hydrogen-bond donors (Lipinski definition) is 1. The molecule has 1 aromatic carbocycles. The third kappa shape index (κ3) is 5.43. The van der Waals surface area contributed by atoms with Gasteiger partial charge < -0.3 is 19.5 Å². The van der Waals surface area contributed by atoms with E-state index in [4.69, 9.17) is 9.47 Å². The van der Waals surface area contributed by atoms with Crippen molar-refractivity contribution in [2.45, 2.75) is 62.8 Å². The smallest absolute Gasteiger partial charge is 0.419 e. The van der Waals surface area contributed by atoms with Gasteiger partial charge in [-0.15, -0.1) is 0 Å². The lowest BCUT2D eigenvalue weighted by Gasteiger charge is -2.46. The van der Waals surface area contributed by atoms with E-state index in [1.807, 2.05) is 12.2 Å². The number of rotatable bonds is 8. The van der Waals surface area contributed by atoms with Crippen molar-refractivity contribution in [3.63, 3.8) is 0 Å². The molecule has 3 rings (SSSR count). The Morgan fingerprint density at radius 1 is 1.18 bits per heavy atom. The number of aliphatic hydroxyl groups is 1. The normalized spacial score (nSPS) is 19.0. The molecule has 0 radical (unpaired) electrons. The Bertz CT molecular complexity index is 953. The summed E-state index contributed by atoms with van der Waals surface area (Å²) in [6.07, 6.45) is 6.47. The second-order valence-electron chi connectivity index (χ2n) is 8.99. The average molecular weight is 468 g/mol. The minimum Gasteiger partial charge on any atom is -0.496 e. The molecule has 4 nitrogen and oxygen atoms in total. The van der Waals surface area contributed by atoms with E-state index in [9.17, 15) is 22.7 Å². The molecular weight excluding hydrogens is 438 g/mol. The van der Waals surface area contributed by atoms with Crippen LogP contribution in [0.5, 0.6) is 5.75 Å². The fourth-order valence-electron chi connectivity index (χ4n) is 4.49. The predicted molar refractivity (Wildman–Crippen MR) is 118 cm³/mol. The topological polar surface area (TPSA) is 41.9 Å². The molecule has 0 saturated carbocycles. The van der Waals surface area contributed by atoms with Crippen molar-refractivity contribution < 1.29 is 32.1 Å². The molecule has 2 unspecified atom stereocenters. The summed E-state index contributed by atoms with van der Waals surface area (Å²) in [7, 11) is 1.37. The molecule has 1 heterocycles. The van der Waals surface area contributed by atoms with E-state index in [0.29, 0.717) is 6.42 Å². The van der Waals surface area contributed by atoms with Crippen LogP contribution in [0.25, 0.3) is 0 Å². The molecule has 1 N–H and O–H groups in total. The molecule has 2 aliphatic rings. The van der Waals surface area contributed by atoms with E-state index in [2.05, 4.69) is 0 Å². The molecule has 0 saturated heterocycles. The zero-order valence-electron chi connectivity index (χ0n) is 18.9. The van der Waals surface area contributed by atoms with Gasteiger partial charge in [-0.25, -0.2) is 4.39 Å². The summed E-state index contributed by atoms with van der Waals surface area (Å²) in [6, 6.07) is 2.35. The lowest BCUT2D eigenvalue weighted by Crippen LogP contribution is -2.61. The number of alkyl halides is 3. The van der Waals surface area contributed by atoms with E-state index >= 15 is 0 Å². The first-order valence-electron chi connectivity index (χ1n) is 10.7. The van der Waals surface area contributed by atoms with Crippen molar-refractivity contribution in [1.82, 2.24) is 4.90 Å². The van der Waals surface area contributed by atoms with Crippen molar-refractivity contribution in [3.8, 4) is 5.75 Å². The molecule has 8 heteroatoms. The van der Waals surface area contributed by atoms with Gasteiger partial charge in [-0.2, -0.15) is 13.2 Å². The zero-order valence-corrected chi connectivity index (χ0v) is 18.9. The second kappa shape index (κ2) is 9.63. The first-order chi connectivity index (χ1) is 15.5. The highest BCUT2D eigenvalue weighted by molar-refractivity contribution is 5.40. The molecule has 33 heavy (non-hydrogen) atoms. The fourth-order valence-corrected chi connectivity index (χ4v) is 4.49. The van der Waals surface area contributed by atoms with Gasteiger partial charge >= 0.3 is 6.18 Å². The van der Waals surface area contributed by atoms with Crippen molar-refractivity contribution in [3.05, 3.63) is 78.3 Å². The summed E-state index contributed by atoms with van der Waals surface area (Å²) < 4.78 is 68.4. The predicted octanol–water partition coefficient (Wildman–Crippen LogP) is 6.11. The highest BCUT2D eigenvalue weighted by Gasteiger charge is 2.61. The number of ether oxygens (including phenoxy) is 2. The number of hydrogen-bond acceptors (Lipinski definition) is 4. The summed E-state index contributed by atoms with van der Waals surface area (Å²) in [6.45, 7) is 3.09. The first-order valence-corrected chi connectivity index (χ1v) is 10.7. The van der Waals surface area contributed by atoms with Crippen LogP contribution in [0.1, 0.15) is 45.1 Å². The maximum absolute atomic E-state index is 14.7. The summed E-state index contributed by atoms with van der Waals surface area (Å²) in [5.74, 6) is -0.335. The summed E-state index contributed by atoms with van der Waals surface area (Å²) in [5.41, 5.74) is -3.36. The monoisotopic (exact) mass is 467 g/mol. The van der Waals surface area contributed by atoms with Gasteiger partial charge in [-0.1, -0.05) is 37.6 Å². The Morgan fingerprint density at radius 3 is 2.45 bits per heavy atom. The lowest BCUT2D eigenvalue weighted by molar-refractivity contribution is -0.283. The zero-order chi connectivity index (χ0) is 24.3. The largest absolute Gasteiger partial charge is 0.496 e. The van der Waals surface area contributed by atoms with Crippen LogP contribution in [0.2, 0.25) is 0 Å². The molecule has 1 aliphatic heterocycles. The molecule has 0 bridgehead atoms. The van der Waals surface area contributed by atoms with E-state index in [0.717, 1.165) is 18.1 Å². The highest BCUT2D eigenvalue weighted by atomic mass is 19.4. The molecule has 0 amide bonds. The van der Waals surface area contributed by atoms with Gasteiger partial charge in [-0.05, 0) is 49.3 Å². The Kier molecular flexibility index (Phi) is 7.26. The maximum atomic E-state index is 14.7. The van der Waals surface area contributed by atoms with Gasteiger partial charge in [0.05, 0.1) is 13.2 Å². The van der Waals surface area contributed by atoms with Crippen LogP contribution < -0.4 is 4.74 Å². The fraction of sp³-hybridized carbons (Fsp3) is 0.440. The summed E-state index contributed by atoms with van der Waals surface area (Å²) in [4.78, 5) is 1.33. The van der Waals surface area contributed by atoms with Crippen molar-refractivity contribution in [2.24, 2.45) is 0 Å². The van der Waals surface area contributed by atoms with Crippen LogP contribution in [0.15, 0.2) is 66.9 Å². The maximum Gasteiger partial charge on any atom is 0.419 e. The molecule has 0 fully saturated rings. The van der Waals surface area contributed by atoms with Crippen LogP contribution in [0, 0.1) is 5.82 Å². The van der Waals surface area contributed by atoms with Crippen molar-refractivity contribution in [2.75, 3.05) is 7.11 Å². The van der Waals surface area contributed by atoms with Crippen LogP contribution in [-0.4, -0.2) is 34.9 Å². The minimum atomic E-state index is -4.97. The number of nitrogens with zero attached hydrogens (tertiary/aromatic N) is 1. The van der Waals surface area contributed by atoms with Crippen LogP contribution in [0.4, 0.5) is 17.6 Å². The van der Waals surface area contributed by atoms with Crippen LogP contribution >= 0.6 is 0 Å².